The molecule has 0 amide bonds. The highest BCUT2D eigenvalue weighted by Gasteiger charge is 2.30. The summed E-state index contributed by atoms with van der Waals surface area (Å²) >= 11 is 1.53. The fraction of sp³-hybridized carbons (Fsp3) is 0.538. The van der Waals surface area contributed by atoms with E-state index in [1.54, 1.807) is 0 Å². The first-order valence-electron chi connectivity index (χ1n) is 5.98. The number of nitrogen functional groups attached to an aromatic ring is 1. The molecule has 0 heterocycles. The summed E-state index contributed by atoms with van der Waals surface area (Å²) in [6, 6.07) is 3.56. The van der Waals surface area contributed by atoms with E-state index in [1.165, 1.54) is 17.8 Å². The van der Waals surface area contributed by atoms with Gasteiger partial charge in [-0.15, -0.1) is 11.8 Å². The van der Waals surface area contributed by atoms with Crippen LogP contribution < -0.4 is 5.73 Å². The molecule has 0 aliphatic rings. The van der Waals surface area contributed by atoms with Gasteiger partial charge in [-0.05, 0) is 24.1 Å². The number of anilines is 1. The summed E-state index contributed by atoms with van der Waals surface area (Å²) in [6.45, 7) is 4.23. The molecule has 1 rings (SSSR count). The average Bonchev–Trinajstić information content (AvgIpc) is 2.30. The SMILES string of the molecule is CCC(CC)CSc1ccc(C(F)(F)F)cc1N. The van der Waals surface area contributed by atoms with Crippen LogP contribution in [0.4, 0.5) is 18.9 Å². The summed E-state index contributed by atoms with van der Waals surface area (Å²) in [5.74, 6) is 1.47. The van der Waals surface area contributed by atoms with Crippen molar-refractivity contribution < 1.29 is 13.2 Å². The average molecular weight is 277 g/mol. The van der Waals surface area contributed by atoms with Crippen LogP contribution in [0.15, 0.2) is 23.1 Å². The zero-order valence-corrected chi connectivity index (χ0v) is 11.4. The quantitative estimate of drug-likeness (QED) is 0.617. The van der Waals surface area contributed by atoms with E-state index in [2.05, 4.69) is 13.8 Å². The molecule has 102 valence electrons. The Bertz CT molecular complexity index is 386. The molecule has 1 nitrogen and oxygen atoms in total. The molecule has 0 aromatic heterocycles. The second kappa shape index (κ2) is 6.36. The number of nitrogens with two attached hydrogens (primary N) is 1. The highest BCUT2D eigenvalue weighted by Crippen LogP contribution is 2.35. The summed E-state index contributed by atoms with van der Waals surface area (Å²) in [7, 11) is 0. The van der Waals surface area contributed by atoms with Gasteiger partial charge < -0.3 is 5.73 Å². The van der Waals surface area contributed by atoms with Crippen LogP contribution in [0.2, 0.25) is 0 Å². The van der Waals surface area contributed by atoms with Crippen LogP contribution in [-0.4, -0.2) is 5.75 Å². The molecule has 0 spiro atoms. The Morgan fingerprint density at radius 3 is 2.28 bits per heavy atom. The van der Waals surface area contributed by atoms with Gasteiger partial charge in [-0.3, -0.25) is 0 Å². The Kier molecular flexibility index (Phi) is 5.38. The maximum absolute atomic E-state index is 12.5. The van der Waals surface area contributed by atoms with Crippen LogP contribution >= 0.6 is 11.8 Å². The van der Waals surface area contributed by atoms with E-state index in [-0.39, 0.29) is 5.69 Å². The predicted molar refractivity (Wildman–Crippen MR) is 70.7 cm³/mol. The lowest BCUT2D eigenvalue weighted by atomic mass is 10.1. The minimum Gasteiger partial charge on any atom is -0.398 e. The lowest BCUT2D eigenvalue weighted by Gasteiger charge is -2.14. The number of hydrogen-bond acceptors (Lipinski definition) is 2. The van der Waals surface area contributed by atoms with Gasteiger partial charge in [-0.2, -0.15) is 13.2 Å². The van der Waals surface area contributed by atoms with E-state index in [4.69, 9.17) is 5.73 Å². The molecule has 0 unspecified atom stereocenters. The molecule has 0 saturated carbocycles. The molecule has 0 aliphatic carbocycles. The largest absolute Gasteiger partial charge is 0.416 e. The monoisotopic (exact) mass is 277 g/mol. The molecule has 1 aromatic carbocycles. The Morgan fingerprint density at radius 2 is 1.83 bits per heavy atom. The van der Waals surface area contributed by atoms with E-state index < -0.39 is 11.7 Å². The number of halogens is 3. The van der Waals surface area contributed by atoms with Crippen molar-refractivity contribution in [1.29, 1.82) is 0 Å². The van der Waals surface area contributed by atoms with E-state index in [0.717, 1.165) is 35.6 Å². The van der Waals surface area contributed by atoms with E-state index in [1.807, 2.05) is 0 Å². The summed E-state index contributed by atoms with van der Waals surface area (Å²) < 4.78 is 37.4. The molecule has 0 atom stereocenters. The van der Waals surface area contributed by atoms with Crippen molar-refractivity contribution in [1.82, 2.24) is 0 Å². The third kappa shape index (κ3) is 4.12. The molecule has 1 aromatic rings. The van der Waals surface area contributed by atoms with Crippen LogP contribution in [0.5, 0.6) is 0 Å². The van der Waals surface area contributed by atoms with Gasteiger partial charge in [0.15, 0.2) is 0 Å². The number of benzene rings is 1. The Morgan fingerprint density at radius 1 is 1.22 bits per heavy atom. The molecule has 5 heteroatoms. The normalized spacial score (nSPS) is 12.1. The zero-order chi connectivity index (χ0) is 13.8. The van der Waals surface area contributed by atoms with Gasteiger partial charge in [0.25, 0.3) is 0 Å². The van der Waals surface area contributed by atoms with Gasteiger partial charge in [0.2, 0.25) is 0 Å². The van der Waals surface area contributed by atoms with Gasteiger partial charge in [0.1, 0.15) is 0 Å². The molecule has 0 radical (unpaired) electrons. The minimum atomic E-state index is -4.33. The third-order valence-corrected chi connectivity index (χ3v) is 4.29. The van der Waals surface area contributed by atoms with Crippen LogP contribution in [0.1, 0.15) is 32.3 Å². The summed E-state index contributed by atoms with van der Waals surface area (Å²) in [4.78, 5) is 0.731. The van der Waals surface area contributed by atoms with E-state index in [9.17, 15) is 13.2 Å². The molecule has 0 fully saturated rings. The van der Waals surface area contributed by atoms with Crippen LogP contribution in [-0.2, 0) is 6.18 Å². The van der Waals surface area contributed by atoms with Gasteiger partial charge >= 0.3 is 6.18 Å². The second-order valence-electron chi connectivity index (χ2n) is 4.24. The van der Waals surface area contributed by atoms with Crippen LogP contribution in [0.25, 0.3) is 0 Å². The third-order valence-electron chi connectivity index (χ3n) is 2.97. The zero-order valence-electron chi connectivity index (χ0n) is 10.6. The van der Waals surface area contributed by atoms with Crippen molar-refractivity contribution >= 4 is 17.4 Å². The van der Waals surface area contributed by atoms with Crippen molar-refractivity contribution in [2.24, 2.45) is 5.92 Å². The predicted octanol–water partition coefficient (Wildman–Crippen LogP) is 4.82. The van der Waals surface area contributed by atoms with E-state index in [0.29, 0.717) is 5.92 Å². The van der Waals surface area contributed by atoms with Crippen LogP contribution in [0, 0.1) is 5.92 Å². The molecule has 18 heavy (non-hydrogen) atoms. The molecule has 0 aliphatic heterocycles. The lowest BCUT2D eigenvalue weighted by molar-refractivity contribution is -0.137. The smallest absolute Gasteiger partial charge is 0.398 e. The van der Waals surface area contributed by atoms with Crippen molar-refractivity contribution in [3.63, 3.8) is 0 Å². The summed E-state index contributed by atoms with van der Waals surface area (Å²) in [5.41, 5.74) is 5.19. The molecular formula is C13H18F3NS. The number of hydrogen-bond donors (Lipinski definition) is 1. The molecule has 0 saturated heterocycles. The van der Waals surface area contributed by atoms with Gasteiger partial charge in [-0.1, -0.05) is 26.7 Å². The second-order valence-corrected chi connectivity index (χ2v) is 5.31. The van der Waals surface area contributed by atoms with E-state index >= 15 is 0 Å². The van der Waals surface area contributed by atoms with Crippen molar-refractivity contribution in [2.45, 2.75) is 37.8 Å². The van der Waals surface area contributed by atoms with Gasteiger partial charge in [0, 0.05) is 16.3 Å². The highest BCUT2D eigenvalue weighted by molar-refractivity contribution is 7.99. The number of alkyl halides is 3. The first-order chi connectivity index (χ1) is 8.38. The standard InChI is InChI=1S/C13H18F3NS/c1-3-9(4-2)8-18-12-6-5-10(7-11(12)17)13(14,15)16/h5-7,9H,3-4,8,17H2,1-2H3. The Balaban J connectivity index is 2.74. The highest BCUT2D eigenvalue weighted by atomic mass is 32.2. The molecule has 0 bridgehead atoms. The topological polar surface area (TPSA) is 26.0 Å². The van der Waals surface area contributed by atoms with Crippen molar-refractivity contribution in [2.75, 3.05) is 11.5 Å². The first-order valence-corrected chi connectivity index (χ1v) is 6.96. The Hall–Kier alpha value is -0.840. The maximum atomic E-state index is 12.5. The fourth-order valence-electron chi connectivity index (χ4n) is 1.59. The number of rotatable bonds is 5. The van der Waals surface area contributed by atoms with Crippen molar-refractivity contribution in [3.05, 3.63) is 23.8 Å². The van der Waals surface area contributed by atoms with Crippen LogP contribution in [0.3, 0.4) is 0 Å². The number of thioether (sulfide) groups is 1. The minimum absolute atomic E-state index is 0.209. The van der Waals surface area contributed by atoms with Crippen molar-refractivity contribution in [3.8, 4) is 0 Å². The van der Waals surface area contributed by atoms with Gasteiger partial charge in [-0.25, -0.2) is 0 Å². The van der Waals surface area contributed by atoms with Gasteiger partial charge in [0.05, 0.1) is 5.56 Å². The molecular weight excluding hydrogens is 259 g/mol. The summed E-state index contributed by atoms with van der Waals surface area (Å²) in [5, 5.41) is 0. The Labute approximate surface area is 110 Å². The summed E-state index contributed by atoms with van der Waals surface area (Å²) in [6.07, 6.45) is -2.18. The molecule has 2 N–H and O–H groups in total. The maximum Gasteiger partial charge on any atom is 0.416 e. The fourth-order valence-corrected chi connectivity index (χ4v) is 2.86. The lowest BCUT2D eigenvalue weighted by Crippen LogP contribution is -2.06. The first kappa shape index (κ1) is 15.2.